The Labute approximate surface area is 82.9 Å². The van der Waals surface area contributed by atoms with Gasteiger partial charge in [0.05, 0.1) is 0 Å². The average molecular weight is 209 g/mol. The van der Waals surface area contributed by atoms with Crippen LogP contribution < -0.4 is 5.73 Å². The lowest BCUT2D eigenvalue weighted by Crippen LogP contribution is -2.47. The van der Waals surface area contributed by atoms with Crippen molar-refractivity contribution in [3.8, 4) is 0 Å². The molecule has 14 heavy (non-hydrogen) atoms. The first-order chi connectivity index (χ1) is 6.46. The summed E-state index contributed by atoms with van der Waals surface area (Å²) in [4.78, 5) is 0. The van der Waals surface area contributed by atoms with E-state index in [2.05, 4.69) is 0 Å². The van der Waals surface area contributed by atoms with E-state index in [4.69, 9.17) is 5.73 Å². The second-order valence-corrected chi connectivity index (χ2v) is 4.18. The quantitative estimate of drug-likeness (QED) is 0.743. The van der Waals surface area contributed by atoms with Crippen molar-refractivity contribution in [1.29, 1.82) is 0 Å². The monoisotopic (exact) mass is 209 g/mol. The van der Waals surface area contributed by atoms with Gasteiger partial charge >= 0.3 is 6.18 Å². The second kappa shape index (κ2) is 4.51. The third kappa shape index (κ3) is 2.62. The van der Waals surface area contributed by atoms with E-state index in [1.54, 1.807) is 0 Å². The van der Waals surface area contributed by atoms with Crippen LogP contribution in [-0.2, 0) is 0 Å². The number of hydrogen-bond donors (Lipinski definition) is 1. The van der Waals surface area contributed by atoms with Crippen LogP contribution in [-0.4, -0.2) is 12.2 Å². The van der Waals surface area contributed by atoms with Crippen molar-refractivity contribution in [3.63, 3.8) is 0 Å². The second-order valence-electron chi connectivity index (χ2n) is 4.18. The smallest absolute Gasteiger partial charge is 0.320 e. The third-order valence-corrected chi connectivity index (χ3v) is 3.33. The molecule has 4 heteroatoms. The Kier molecular flexibility index (Phi) is 3.81. The zero-order valence-electron chi connectivity index (χ0n) is 8.48. The van der Waals surface area contributed by atoms with Gasteiger partial charge in [-0.1, -0.05) is 32.6 Å². The van der Waals surface area contributed by atoms with E-state index in [1.807, 2.05) is 6.92 Å². The Morgan fingerprint density at radius 1 is 1.29 bits per heavy atom. The van der Waals surface area contributed by atoms with E-state index in [0.717, 1.165) is 25.7 Å². The van der Waals surface area contributed by atoms with Gasteiger partial charge in [-0.3, -0.25) is 0 Å². The van der Waals surface area contributed by atoms with Crippen molar-refractivity contribution in [3.05, 3.63) is 0 Å². The molecule has 0 heterocycles. The predicted molar refractivity (Wildman–Crippen MR) is 49.8 cm³/mol. The fraction of sp³-hybridized carbons (Fsp3) is 1.00. The molecule has 0 aliphatic heterocycles. The molecule has 1 nitrogen and oxygen atoms in total. The molecule has 0 radical (unpaired) electrons. The topological polar surface area (TPSA) is 26.0 Å². The van der Waals surface area contributed by atoms with Crippen molar-refractivity contribution >= 4 is 0 Å². The molecule has 84 valence electrons. The predicted octanol–water partition coefficient (Wildman–Crippen LogP) is 3.09. The molecule has 1 saturated carbocycles. The zero-order chi connectivity index (χ0) is 10.8. The molecule has 1 aliphatic rings. The first kappa shape index (κ1) is 11.8. The Hall–Kier alpha value is -0.250. The van der Waals surface area contributed by atoms with Gasteiger partial charge in [-0.15, -0.1) is 0 Å². The molecule has 1 fully saturated rings. The van der Waals surface area contributed by atoms with Crippen LogP contribution in [0.1, 0.15) is 39.0 Å². The lowest BCUT2D eigenvalue weighted by atomic mass is 9.74. The van der Waals surface area contributed by atoms with Crippen LogP contribution in [0, 0.1) is 11.8 Å². The van der Waals surface area contributed by atoms with Crippen molar-refractivity contribution < 1.29 is 13.2 Å². The summed E-state index contributed by atoms with van der Waals surface area (Å²) < 4.78 is 37.3. The number of halogens is 3. The molecule has 0 spiro atoms. The maximum atomic E-state index is 12.4. The Morgan fingerprint density at radius 2 is 1.86 bits per heavy atom. The van der Waals surface area contributed by atoms with Crippen LogP contribution in [0.15, 0.2) is 0 Å². The van der Waals surface area contributed by atoms with Crippen molar-refractivity contribution in [2.45, 2.75) is 51.2 Å². The summed E-state index contributed by atoms with van der Waals surface area (Å²) in [7, 11) is 0. The lowest BCUT2D eigenvalue weighted by Gasteiger charge is -2.35. The van der Waals surface area contributed by atoms with Gasteiger partial charge in [0.2, 0.25) is 0 Å². The molecule has 0 aromatic heterocycles. The van der Waals surface area contributed by atoms with Gasteiger partial charge < -0.3 is 5.73 Å². The van der Waals surface area contributed by atoms with Gasteiger partial charge in [-0.05, 0) is 18.3 Å². The van der Waals surface area contributed by atoms with Crippen LogP contribution in [0.4, 0.5) is 13.2 Å². The van der Waals surface area contributed by atoms with Crippen LogP contribution in [0.25, 0.3) is 0 Å². The summed E-state index contributed by atoms with van der Waals surface area (Å²) in [5.74, 6) is -0.186. The summed E-state index contributed by atoms with van der Waals surface area (Å²) >= 11 is 0. The van der Waals surface area contributed by atoms with Gasteiger partial charge in [0.15, 0.2) is 0 Å². The summed E-state index contributed by atoms with van der Waals surface area (Å²) in [6.07, 6.45) is 0.0819. The van der Waals surface area contributed by atoms with Crippen LogP contribution >= 0.6 is 0 Å². The third-order valence-electron chi connectivity index (χ3n) is 3.33. The lowest BCUT2D eigenvalue weighted by molar-refractivity contribution is -0.166. The van der Waals surface area contributed by atoms with Gasteiger partial charge in [0.1, 0.15) is 6.04 Å². The highest BCUT2D eigenvalue weighted by Crippen LogP contribution is 2.38. The number of nitrogens with two attached hydrogens (primary N) is 1. The zero-order valence-corrected chi connectivity index (χ0v) is 8.48. The normalized spacial score (nSPS) is 31.5. The van der Waals surface area contributed by atoms with Crippen LogP contribution in [0.2, 0.25) is 0 Å². The highest BCUT2D eigenvalue weighted by atomic mass is 19.4. The maximum absolute atomic E-state index is 12.4. The van der Waals surface area contributed by atoms with Crippen molar-refractivity contribution in [1.82, 2.24) is 0 Å². The molecule has 3 atom stereocenters. The molecule has 0 aromatic carbocycles. The Balaban J connectivity index is 2.63. The van der Waals surface area contributed by atoms with Crippen molar-refractivity contribution in [2.75, 3.05) is 0 Å². The molecular weight excluding hydrogens is 191 g/mol. The number of rotatable bonds is 2. The van der Waals surface area contributed by atoms with E-state index in [1.165, 1.54) is 0 Å². The Bertz CT molecular complexity index is 179. The molecular formula is C10H18F3N. The van der Waals surface area contributed by atoms with Gasteiger partial charge in [-0.2, -0.15) is 13.2 Å². The van der Waals surface area contributed by atoms with E-state index >= 15 is 0 Å². The molecule has 3 unspecified atom stereocenters. The van der Waals surface area contributed by atoms with Crippen molar-refractivity contribution in [2.24, 2.45) is 17.6 Å². The summed E-state index contributed by atoms with van der Waals surface area (Å²) in [6.45, 7) is 1.95. The highest BCUT2D eigenvalue weighted by molar-refractivity contribution is 4.86. The standard InChI is InChI=1S/C10H18F3N/c1-2-7-5-3-4-6-8(7)9(14)10(11,12)13/h7-9H,2-6,14H2,1H3. The van der Waals surface area contributed by atoms with Gasteiger partial charge in [-0.25, -0.2) is 0 Å². The fourth-order valence-corrected chi connectivity index (χ4v) is 2.46. The minimum Gasteiger partial charge on any atom is -0.320 e. The number of hydrogen-bond acceptors (Lipinski definition) is 1. The first-order valence-corrected chi connectivity index (χ1v) is 5.29. The first-order valence-electron chi connectivity index (χ1n) is 5.29. The summed E-state index contributed by atoms with van der Waals surface area (Å²) in [5, 5.41) is 0. The molecule has 0 amide bonds. The molecule has 0 saturated heterocycles. The summed E-state index contributed by atoms with van der Waals surface area (Å²) in [5.41, 5.74) is 5.27. The van der Waals surface area contributed by atoms with Crippen LogP contribution in [0.3, 0.4) is 0 Å². The van der Waals surface area contributed by atoms with E-state index in [0.29, 0.717) is 6.42 Å². The van der Waals surface area contributed by atoms with Gasteiger partial charge in [0, 0.05) is 0 Å². The van der Waals surface area contributed by atoms with E-state index in [-0.39, 0.29) is 11.8 Å². The molecule has 1 rings (SSSR count). The maximum Gasteiger partial charge on any atom is 0.403 e. The van der Waals surface area contributed by atoms with E-state index in [9.17, 15) is 13.2 Å². The fourth-order valence-electron chi connectivity index (χ4n) is 2.46. The van der Waals surface area contributed by atoms with Gasteiger partial charge in [0.25, 0.3) is 0 Å². The highest BCUT2D eigenvalue weighted by Gasteiger charge is 2.44. The average Bonchev–Trinajstić information content (AvgIpc) is 2.15. The molecule has 1 aliphatic carbocycles. The summed E-state index contributed by atoms with van der Waals surface area (Å²) in [6, 6.07) is -1.62. The molecule has 0 bridgehead atoms. The largest absolute Gasteiger partial charge is 0.403 e. The molecule has 0 aromatic rings. The molecule has 2 N–H and O–H groups in total. The number of alkyl halides is 3. The minimum atomic E-state index is -4.23. The SMILES string of the molecule is CCC1CCCCC1C(N)C(F)(F)F. The Morgan fingerprint density at radius 3 is 2.36 bits per heavy atom. The minimum absolute atomic E-state index is 0.167. The van der Waals surface area contributed by atoms with Crippen LogP contribution in [0.5, 0.6) is 0 Å². The van der Waals surface area contributed by atoms with E-state index < -0.39 is 12.2 Å².